The van der Waals surface area contributed by atoms with Crippen molar-refractivity contribution in [3.05, 3.63) is 28.8 Å². The van der Waals surface area contributed by atoms with Crippen molar-refractivity contribution in [2.24, 2.45) is 0 Å². The fourth-order valence-corrected chi connectivity index (χ4v) is 1.58. The summed E-state index contributed by atoms with van der Waals surface area (Å²) in [6, 6.07) is 4.86. The molecule has 0 amide bonds. The molecule has 0 heterocycles. The van der Waals surface area contributed by atoms with E-state index in [1.54, 1.807) is 18.2 Å². The van der Waals surface area contributed by atoms with Gasteiger partial charge in [-0.3, -0.25) is 4.79 Å². The first-order chi connectivity index (χ1) is 7.06. The van der Waals surface area contributed by atoms with E-state index in [4.69, 9.17) is 21.4 Å². The lowest BCUT2D eigenvalue weighted by Gasteiger charge is -2.14. The molecule has 0 bridgehead atoms. The molecule has 2 N–H and O–H groups in total. The van der Waals surface area contributed by atoms with E-state index in [0.717, 1.165) is 0 Å². The Bertz CT molecular complexity index is 364. The Morgan fingerprint density at radius 3 is 2.80 bits per heavy atom. The molecule has 4 nitrogen and oxygen atoms in total. The van der Waals surface area contributed by atoms with E-state index < -0.39 is 18.5 Å². The van der Waals surface area contributed by atoms with E-state index in [0.29, 0.717) is 16.3 Å². The van der Waals surface area contributed by atoms with Crippen LogP contribution >= 0.6 is 11.6 Å². The second-order valence-electron chi connectivity index (χ2n) is 2.97. The number of methoxy groups -OCH3 is 1. The largest absolute Gasteiger partial charge is 0.496 e. The summed E-state index contributed by atoms with van der Waals surface area (Å²) < 4.78 is 4.99. The molecular weight excluding hydrogens is 220 g/mol. The Labute approximate surface area is 92.1 Å². The zero-order valence-electron chi connectivity index (χ0n) is 8.11. The molecule has 0 aliphatic carbocycles. The van der Waals surface area contributed by atoms with Gasteiger partial charge in [0.1, 0.15) is 5.75 Å². The minimum atomic E-state index is -1.16. The Balaban J connectivity index is 3.05. The van der Waals surface area contributed by atoms with Gasteiger partial charge in [0.05, 0.1) is 24.7 Å². The van der Waals surface area contributed by atoms with Gasteiger partial charge in [-0.2, -0.15) is 0 Å². The van der Waals surface area contributed by atoms with Crippen LogP contribution in [-0.4, -0.2) is 23.3 Å². The lowest BCUT2D eigenvalue weighted by molar-refractivity contribution is -0.139. The van der Waals surface area contributed by atoms with Gasteiger partial charge in [0, 0.05) is 5.56 Å². The molecule has 1 unspecified atom stereocenters. The van der Waals surface area contributed by atoms with Gasteiger partial charge in [0.15, 0.2) is 0 Å². The minimum Gasteiger partial charge on any atom is -0.496 e. The fraction of sp³-hybridized carbons (Fsp3) is 0.300. The van der Waals surface area contributed by atoms with Crippen LogP contribution in [0, 0.1) is 0 Å². The van der Waals surface area contributed by atoms with Gasteiger partial charge in [-0.25, -0.2) is 0 Å². The molecule has 15 heavy (non-hydrogen) atoms. The van der Waals surface area contributed by atoms with Crippen LogP contribution in [0.5, 0.6) is 5.75 Å². The van der Waals surface area contributed by atoms with Crippen LogP contribution in [0.3, 0.4) is 0 Å². The van der Waals surface area contributed by atoms with E-state index in [1.165, 1.54) is 7.11 Å². The zero-order valence-corrected chi connectivity index (χ0v) is 8.86. The van der Waals surface area contributed by atoms with Gasteiger partial charge < -0.3 is 14.9 Å². The summed E-state index contributed by atoms with van der Waals surface area (Å²) in [4.78, 5) is 10.5. The average Bonchev–Trinajstić information content (AvgIpc) is 2.15. The van der Waals surface area contributed by atoms with Gasteiger partial charge >= 0.3 is 5.97 Å². The van der Waals surface area contributed by atoms with Gasteiger partial charge in [0.25, 0.3) is 0 Å². The topological polar surface area (TPSA) is 66.8 Å². The molecule has 0 saturated carbocycles. The number of hydrogen-bond acceptors (Lipinski definition) is 3. The third-order valence-electron chi connectivity index (χ3n) is 1.93. The van der Waals surface area contributed by atoms with Crippen LogP contribution in [0.25, 0.3) is 0 Å². The average molecular weight is 231 g/mol. The molecule has 0 spiro atoms. The predicted molar refractivity (Wildman–Crippen MR) is 55.2 cm³/mol. The van der Waals surface area contributed by atoms with Crippen molar-refractivity contribution in [1.29, 1.82) is 0 Å². The molecule has 1 rings (SSSR count). The van der Waals surface area contributed by atoms with Crippen molar-refractivity contribution in [3.63, 3.8) is 0 Å². The summed E-state index contributed by atoms with van der Waals surface area (Å²) in [5.41, 5.74) is 0.309. The molecule has 82 valence electrons. The van der Waals surface area contributed by atoms with Gasteiger partial charge in [-0.1, -0.05) is 17.7 Å². The summed E-state index contributed by atoms with van der Waals surface area (Å²) in [7, 11) is 1.43. The molecule has 0 radical (unpaired) electrons. The lowest BCUT2D eigenvalue weighted by atomic mass is 10.1. The number of carbonyl (C=O) groups is 1. The third kappa shape index (κ3) is 2.84. The summed E-state index contributed by atoms with van der Waals surface area (Å²) in [6.45, 7) is 0. The van der Waals surface area contributed by atoms with Gasteiger partial charge in [0.2, 0.25) is 0 Å². The van der Waals surface area contributed by atoms with Crippen LogP contribution in [-0.2, 0) is 4.79 Å². The smallest absolute Gasteiger partial charge is 0.306 e. The quantitative estimate of drug-likeness (QED) is 0.829. The SMILES string of the molecule is COc1cccc(Cl)c1C(O)CC(=O)O. The minimum absolute atomic E-state index is 0.295. The maximum Gasteiger partial charge on any atom is 0.306 e. The van der Waals surface area contributed by atoms with Crippen molar-refractivity contribution >= 4 is 17.6 Å². The maximum atomic E-state index is 10.5. The number of aliphatic hydroxyl groups is 1. The lowest BCUT2D eigenvalue weighted by Crippen LogP contribution is -2.07. The number of ether oxygens (including phenoxy) is 1. The number of carboxylic acid groups (broad SMARTS) is 1. The number of aliphatic hydroxyl groups excluding tert-OH is 1. The van der Waals surface area contributed by atoms with Crippen molar-refractivity contribution in [1.82, 2.24) is 0 Å². The highest BCUT2D eigenvalue weighted by molar-refractivity contribution is 6.31. The molecule has 5 heteroatoms. The number of aliphatic carboxylic acids is 1. The first kappa shape index (κ1) is 11.8. The molecule has 1 aromatic rings. The highest BCUT2D eigenvalue weighted by atomic mass is 35.5. The first-order valence-electron chi connectivity index (χ1n) is 4.28. The summed E-state index contributed by atoms with van der Waals surface area (Å²) in [5, 5.41) is 18.5. The molecule has 1 aromatic carbocycles. The van der Waals surface area contributed by atoms with Crippen molar-refractivity contribution < 1.29 is 19.7 Å². The van der Waals surface area contributed by atoms with Gasteiger partial charge in [-0.15, -0.1) is 0 Å². The van der Waals surface area contributed by atoms with Crippen LogP contribution < -0.4 is 4.74 Å². The number of hydrogen-bond donors (Lipinski definition) is 2. The summed E-state index contributed by atoms with van der Waals surface area (Å²) in [6.07, 6.45) is -1.56. The second-order valence-corrected chi connectivity index (χ2v) is 3.38. The van der Waals surface area contributed by atoms with E-state index in [2.05, 4.69) is 0 Å². The van der Waals surface area contributed by atoms with Crippen LogP contribution in [0.2, 0.25) is 5.02 Å². The van der Waals surface area contributed by atoms with Crippen molar-refractivity contribution in [2.45, 2.75) is 12.5 Å². The second kappa shape index (κ2) is 5.00. The normalized spacial score (nSPS) is 12.2. The van der Waals surface area contributed by atoms with E-state index in [1.807, 2.05) is 0 Å². The molecular formula is C10H11ClO4. The number of benzene rings is 1. The Morgan fingerprint density at radius 1 is 1.60 bits per heavy atom. The van der Waals surface area contributed by atoms with Crippen LogP contribution in [0.15, 0.2) is 18.2 Å². The number of carboxylic acids is 1. The van der Waals surface area contributed by atoms with Crippen molar-refractivity contribution in [3.8, 4) is 5.75 Å². The molecule has 0 saturated heterocycles. The van der Waals surface area contributed by atoms with Crippen LogP contribution in [0.1, 0.15) is 18.1 Å². The van der Waals surface area contributed by atoms with E-state index >= 15 is 0 Å². The molecule has 0 aliphatic rings. The highest BCUT2D eigenvalue weighted by Crippen LogP contribution is 2.33. The molecule has 0 aliphatic heterocycles. The van der Waals surface area contributed by atoms with Crippen LogP contribution in [0.4, 0.5) is 0 Å². The standard InChI is InChI=1S/C10H11ClO4/c1-15-8-4-2-3-6(11)10(8)7(12)5-9(13)14/h2-4,7,12H,5H2,1H3,(H,13,14). The molecule has 0 aromatic heterocycles. The van der Waals surface area contributed by atoms with E-state index in [-0.39, 0.29) is 0 Å². The Hall–Kier alpha value is -1.26. The number of rotatable bonds is 4. The Morgan fingerprint density at radius 2 is 2.27 bits per heavy atom. The predicted octanol–water partition coefficient (Wildman–Crippen LogP) is 1.86. The fourth-order valence-electron chi connectivity index (χ4n) is 1.29. The zero-order chi connectivity index (χ0) is 11.4. The molecule has 1 atom stereocenters. The van der Waals surface area contributed by atoms with Crippen molar-refractivity contribution in [2.75, 3.05) is 7.11 Å². The highest BCUT2D eigenvalue weighted by Gasteiger charge is 2.19. The van der Waals surface area contributed by atoms with Gasteiger partial charge in [-0.05, 0) is 12.1 Å². The summed E-state index contributed by atoms with van der Waals surface area (Å²) >= 11 is 5.85. The molecule has 0 fully saturated rings. The number of halogens is 1. The monoisotopic (exact) mass is 230 g/mol. The third-order valence-corrected chi connectivity index (χ3v) is 2.26. The van der Waals surface area contributed by atoms with E-state index in [9.17, 15) is 9.90 Å². The summed E-state index contributed by atoms with van der Waals surface area (Å²) in [5.74, 6) is -0.708. The Kier molecular flexibility index (Phi) is 3.94. The maximum absolute atomic E-state index is 10.5. The first-order valence-corrected chi connectivity index (χ1v) is 4.66.